The van der Waals surface area contributed by atoms with Crippen molar-refractivity contribution < 1.29 is 8.42 Å². The highest BCUT2D eigenvalue weighted by Gasteiger charge is 2.29. The van der Waals surface area contributed by atoms with Crippen molar-refractivity contribution in [3.63, 3.8) is 0 Å². The van der Waals surface area contributed by atoms with E-state index in [1.807, 2.05) is 0 Å². The lowest BCUT2D eigenvalue weighted by Crippen LogP contribution is -2.31. The number of benzene rings is 1. The predicted molar refractivity (Wildman–Crippen MR) is 82.2 cm³/mol. The summed E-state index contributed by atoms with van der Waals surface area (Å²) in [6, 6.07) is 4.83. The Kier molecular flexibility index (Phi) is 3.97. The largest absolute Gasteiger partial charge is 0.397 e. The van der Waals surface area contributed by atoms with Crippen molar-refractivity contribution in [2.45, 2.75) is 43.0 Å². The van der Waals surface area contributed by atoms with Crippen molar-refractivity contribution in [3.8, 4) is 0 Å². The standard InChI is InChI=1S/C14H23N3O2S/c1-14(8-4-5-9-14)16-13-10-11(6-7-12(13)15)20(18,19)17(2)3/h6-7,10,16H,4-5,8-9,15H2,1-3H3. The molecule has 0 heterocycles. The molecule has 1 aliphatic rings. The average Bonchev–Trinajstić information content (AvgIpc) is 2.78. The van der Waals surface area contributed by atoms with Crippen molar-refractivity contribution in [2.24, 2.45) is 0 Å². The Labute approximate surface area is 121 Å². The van der Waals surface area contributed by atoms with Gasteiger partial charge in [-0.2, -0.15) is 0 Å². The number of nitrogens with one attached hydrogen (secondary N) is 1. The first-order chi connectivity index (χ1) is 9.24. The van der Waals surface area contributed by atoms with Crippen LogP contribution >= 0.6 is 0 Å². The van der Waals surface area contributed by atoms with Crippen molar-refractivity contribution in [2.75, 3.05) is 25.1 Å². The Morgan fingerprint density at radius 2 is 1.85 bits per heavy atom. The Bertz CT molecular complexity index is 590. The Morgan fingerprint density at radius 1 is 1.25 bits per heavy atom. The van der Waals surface area contributed by atoms with Crippen LogP contribution in [-0.2, 0) is 10.0 Å². The molecular weight excluding hydrogens is 274 g/mol. The van der Waals surface area contributed by atoms with Gasteiger partial charge >= 0.3 is 0 Å². The molecular formula is C14H23N3O2S. The Morgan fingerprint density at radius 3 is 2.40 bits per heavy atom. The first-order valence-electron chi connectivity index (χ1n) is 6.85. The van der Waals surface area contributed by atoms with Gasteiger partial charge in [-0.05, 0) is 38.0 Å². The maximum absolute atomic E-state index is 12.2. The van der Waals surface area contributed by atoms with E-state index in [2.05, 4.69) is 12.2 Å². The van der Waals surface area contributed by atoms with Gasteiger partial charge in [0.15, 0.2) is 0 Å². The predicted octanol–water partition coefficient (Wildman–Crippen LogP) is 2.26. The summed E-state index contributed by atoms with van der Waals surface area (Å²) in [6.07, 6.45) is 4.55. The molecule has 20 heavy (non-hydrogen) atoms. The second kappa shape index (κ2) is 5.26. The second-order valence-corrected chi connectivity index (χ2v) is 8.08. The van der Waals surface area contributed by atoms with Crippen LogP contribution in [0.5, 0.6) is 0 Å². The van der Waals surface area contributed by atoms with Crippen molar-refractivity contribution in [3.05, 3.63) is 18.2 Å². The monoisotopic (exact) mass is 297 g/mol. The van der Waals surface area contributed by atoms with Crippen LogP contribution in [-0.4, -0.2) is 32.4 Å². The number of rotatable bonds is 4. The molecule has 0 bridgehead atoms. The van der Waals surface area contributed by atoms with Gasteiger partial charge in [0.05, 0.1) is 16.3 Å². The highest BCUT2D eigenvalue weighted by Crippen LogP contribution is 2.35. The fourth-order valence-corrected chi connectivity index (χ4v) is 3.55. The highest BCUT2D eigenvalue weighted by atomic mass is 32.2. The summed E-state index contributed by atoms with van der Waals surface area (Å²) < 4.78 is 25.5. The zero-order chi connectivity index (χ0) is 15.0. The third-order valence-corrected chi connectivity index (χ3v) is 5.76. The minimum absolute atomic E-state index is 0.00855. The molecule has 0 aromatic heterocycles. The van der Waals surface area contributed by atoms with Crippen LogP contribution in [0.15, 0.2) is 23.1 Å². The molecule has 1 aromatic rings. The number of nitrogens with zero attached hydrogens (tertiary/aromatic N) is 1. The zero-order valence-electron chi connectivity index (χ0n) is 12.3. The maximum atomic E-state index is 12.2. The minimum atomic E-state index is -3.43. The topological polar surface area (TPSA) is 75.4 Å². The normalized spacial score (nSPS) is 18.4. The molecule has 2 rings (SSSR count). The third kappa shape index (κ3) is 2.91. The quantitative estimate of drug-likeness (QED) is 0.836. The fourth-order valence-electron chi connectivity index (χ4n) is 2.62. The molecule has 0 amide bonds. The summed E-state index contributed by atoms with van der Waals surface area (Å²) >= 11 is 0. The Hall–Kier alpha value is -1.27. The number of anilines is 2. The lowest BCUT2D eigenvalue weighted by molar-refractivity contribution is 0.520. The summed E-state index contributed by atoms with van der Waals surface area (Å²) in [5.41, 5.74) is 7.27. The molecule has 1 fully saturated rings. The van der Waals surface area contributed by atoms with Gasteiger partial charge in [-0.25, -0.2) is 12.7 Å². The minimum Gasteiger partial charge on any atom is -0.397 e. The fraction of sp³-hybridized carbons (Fsp3) is 0.571. The lowest BCUT2D eigenvalue weighted by Gasteiger charge is -2.28. The molecule has 112 valence electrons. The third-order valence-electron chi connectivity index (χ3n) is 3.95. The van der Waals surface area contributed by atoms with E-state index in [0.717, 1.165) is 12.8 Å². The van der Waals surface area contributed by atoms with Crippen molar-refractivity contribution in [1.82, 2.24) is 4.31 Å². The lowest BCUT2D eigenvalue weighted by atomic mass is 10.00. The molecule has 6 heteroatoms. The van der Waals surface area contributed by atoms with Gasteiger partial charge in [0.25, 0.3) is 0 Å². The van der Waals surface area contributed by atoms with Crippen LogP contribution in [0.4, 0.5) is 11.4 Å². The number of hydrogen-bond acceptors (Lipinski definition) is 4. The number of nitrogens with two attached hydrogens (primary N) is 1. The number of hydrogen-bond donors (Lipinski definition) is 2. The van der Waals surface area contributed by atoms with Gasteiger partial charge in [-0.1, -0.05) is 12.8 Å². The molecule has 1 aromatic carbocycles. The first-order valence-corrected chi connectivity index (χ1v) is 8.29. The van der Waals surface area contributed by atoms with E-state index in [9.17, 15) is 8.42 Å². The summed E-state index contributed by atoms with van der Waals surface area (Å²) in [4.78, 5) is 0.265. The first kappa shape index (κ1) is 15.1. The molecule has 5 nitrogen and oxygen atoms in total. The van der Waals surface area contributed by atoms with Gasteiger partial charge in [-0.15, -0.1) is 0 Å². The van der Waals surface area contributed by atoms with Crippen molar-refractivity contribution in [1.29, 1.82) is 0 Å². The summed E-state index contributed by atoms with van der Waals surface area (Å²) in [5.74, 6) is 0. The van der Waals surface area contributed by atoms with Gasteiger partial charge < -0.3 is 11.1 Å². The van der Waals surface area contributed by atoms with Crippen LogP contribution in [0.1, 0.15) is 32.6 Å². The molecule has 0 radical (unpaired) electrons. The molecule has 0 unspecified atom stereocenters. The molecule has 1 aliphatic carbocycles. The summed E-state index contributed by atoms with van der Waals surface area (Å²) in [7, 11) is -0.382. The molecule has 0 spiro atoms. The van der Waals surface area contributed by atoms with E-state index in [1.54, 1.807) is 18.2 Å². The van der Waals surface area contributed by atoms with Crippen molar-refractivity contribution >= 4 is 21.4 Å². The zero-order valence-corrected chi connectivity index (χ0v) is 13.1. The summed E-state index contributed by atoms with van der Waals surface area (Å²) in [5, 5.41) is 3.43. The number of nitrogen functional groups attached to an aromatic ring is 1. The molecule has 3 N–H and O–H groups in total. The van der Waals surface area contributed by atoms with Crippen LogP contribution in [0.25, 0.3) is 0 Å². The van der Waals surface area contributed by atoms with E-state index >= 15 is 0 Å². The van der Waals surface area contributed by atoms with Crippen LogP contribution in [0.3, 0.4) is 0 Å². The van der Waals surface area contributed by atoms with E-state index in [0.29, 0.717) is 11.4 Å². The van der Waals surface area contributed by atoms with Crippen LogP contribution in [0.2, 0.25) is 0 Å². The van der Waals surface area contributed by atoms with Gasteiger partial charge in [0.1, 0.15) is 0 Å². The van der Waals surface area contributed by atoms with E-state index < -0.39 is 10.0 Å². The maximum Gasteiger partial charge on any atom is 0.242 e. The smallest absolute Gasteiger partial charge is 0.242 e. The van der Waals surface area contributed by atoms with Gasteiger partial charge in [0.2, 0.25) is 10.0 Å². The average molecular weight is 297 g/mol. The SMILES string of the molecule is CN(C)S(=O)(=O)c1ccc(N)c(NC2(C)CCCC2)c1. The highest BCUT2D eigenvalue weighted by molar-refractivity contribution is 7.89. The van der Waals surface area contributed by atoms with Gasteiger partial charge in [-0.3, -0.25) is 0 Å². The van der Waals surface area contributed by atoms with E-state index in [-0.39, 0.29) is 10.4 Å². The van der Waals surface area contributed by atoms with Gasteiger partial charge in [0, 0.05) is 19.6 Å². The molecule has 0 saturated heterocycles. The molecule has 1 saturated carbocycles. The molecule has 0 aliphatic heterocycles. The molecule has 0 atom stereocenters. The van der Waals surface area contributed by atoms with E-state index in [1.165, 1.54) is 31.2 Å². The summed E-state index contributed by atoms with van der Waals surface area (Å²) in [6.45, 7) is 2.16. The Balaban J connectivity index is 2.35. The second-order valence-electron chi connectivity index (χ2n) is 5.93. The van der Waals surface area contributed by atoms with Crippen LogP contribution in [0, 0.1) is 0 Å². The van der Waals surface area contributed by atoms with E-state index in [4.69, 9.17) is 5.73 Å². The van der Waals surface area contributed by atoms with Crippen LogP contribution < -0.4 is 11.1 Å². The number of sulfonamides is 1.